The summed E-state index contributed by atoms with van der Waals surface area (Å²) in [4.78, 5) is 0. The Morgan fingerprint density at radius 1 is 1.24 bits per heavy atom. The first-order valence-corrected chi connectivity index (χ1v) is 5.79. The topological polar surface area (TPSA) is 56.7 Å². The number of hydrogen-bond donors (Lipinski definition) is 1. The minimum atomic E-state index is 0.297. The van der Waals surface area contributed by atoms with Crippen LogP contribution < -0.4 is 5.73 Å². The van der Waals surface area contributed by atoms with Crippen molar-refractivity contribution < 1.29 is 0 Å². The number of hydrogen-bond acceptors (Lipinski definition) is 3. The molecule has 1 aromatic heterocycles. The van der Waals surface area contributed by atoms with Crippen molar-refractivity contribution in [2.24, 2.45) is 0 Å². The second kappa shape index (κ2) is 4.20. The van der Waals surface area contributed by atoms with Gasteiger partial charge in [-0.3, -0.25) is 0 Å². The van der Waals surface area contributed by atoms with E-state index in [1.54, 1.807) is 0 Å². The molecule has 0 atom stereocenters. The van der Waals surface area contributed by atoms with Crippen LogP contribution in [0.25, 0.3) is 5.69 Å². The maximum atomic E-state index is 5.87. The molecule has 0 radical (unpaired) electrons. The molecule has 4 heteroatoms. The average Bonchev–Trinajstić information content (AvgIpc) is 2.60. The molecule has 0 fully saturated rings. The van der Waals surface area contributed by atoms with E-state index in [2.05, 4.69) is 56.2 Å². The number of nitrogen functional groups attached to an aromatic ring is 1. The Hall–Kier alpha value is -1.84. The van der Waals surface area contributed by atoms with E-state index < -0.39 is 0 Å². The minimum Gasteiger partial charge on any atom is -0.381 e. The van der Waals surface area contributed by atoms with Crippen LogP contribution in [0, 0.1) is 13.8 Å². The second-order valence-corrected chi connectivity index (χ2v) is 4.72. The minimum absolute atomic E-state index is 0.297. The molecule has 0 bridgehead atoms. The van der Waals surface area contributed by atoms with E-state index >= 15 is 0 Å². The van der Waals surface area contributed by atoms with Gasteiger partial charge in [0.05, 0.1) is 11.4 Å². The van der Waals surface area contributed by atoms with Crippen molar-refractivity contribution in [3.05, 3.63) is 35.0 Å². The standard InChI is InChI=1S/C13H18N4/c1-8(2)12-13(14)15-16-17(12)11-6-5-9(3)7-10(11)4/h5-8H,14H2,1-4H3. The van der Waals surface area contributed by atoms with E-state index in [9.17, 15) is 0 Å². The number of aromatic nitrogens is 3. The number of benzene rings is 1. The van der Waals surface area contributed by atoms with Crippen LogP contribution in [0.1, 0.15) is 36.6 Å². The molecule has 0 aliphatic carbocycles. The zero-order chi connectivity index (χ0) is 12.6. The van der Waals surface area contributed by atoms with Crippen molar-refractivity contribution in [3.63, 3.8) is 0 Å². The number of nitrogens with two attached hydrogens (primary N) is 1. The molecule has 0 aliphatic heterocycles. The fourth-order valence-electron chi connectivity index (χ4n) is 2.06. The predicted molar refractivity (Wildman–Crippen MR) is 69.3 cm³/mol. The number of aryl methyl sites for hydroxylation is 2. The summed E-state index contributed by atoms with van der Waals surface area (Å²) in [6.45, 7) is 8.34. The number of rotatable bonds is 2. The van der Waals surface area contributed by atoms with Crippen LogP contribution in [0.3, 0.4) is 0 Å². The van der Waals surface area contributed by atoms with Gasteiger partial charge >= 0.3 is 0 Å². The lowest BCUT2D eigenvalue weighted by molar-refractivity contribution is 0.713. The van der Waals surface area contributed by atoms with Crippen LogP contribution in [0.4, 0.5) is 5.82 Å². The van der Waals surface area contributed by atoms with Gasteiger partial charge in [-0.2, -0.15) is 0 Å². The Kier molecular flexibility index (Phi) is 2.88. The first-order valence-electron chi connectivity index (χ1n) is 5.79. The van der Waals surface area contributed by atoms with E-state index in [-0.39, 0.29) is 0 Å². The molecule has 0 spiro atoms. The Morgan fingerprint density at radius 2 is 1.94 bits per heavy atom. The third kappa shape index (κ3) is 2.02. The van der Waals surface area contributed by atoms with E-state index in [1.807, 2.05) is 4.68 Å². The van der Waals surface area contributed by atoms with Crippen LogP contribution in [0.15, 0.2) is 18.2 Å². The summed E-state index contributed by atoms with van der Waals surface area (Å²) in [5.74, 6) is 0.811. The van der Waals surface area contributed by atoms with Gasteiger partial charge in [-0.05, 0) is 31.4 Å². The summed E-state index contributed by atoms with van der Waals surface area (Å²) in [5.41, 5.74) is 10.3. The van der Waals surface area contributed by atoms with Crippen molar-refractivity contribution in [1.29, 1.82) is 0 Å². The normalized spacial score (nSPS) is 11.1. The van der Waals surface area contributed by atoms with Gasteiger partial charge in [0.15, 0.2) is 5.82 Å². The quantitative estimate of drug-likeness (QED) is 0.862. The van der Waals surface area contributed by atoms with Crippen molar-refractivity contribution in [3.8, 4) is 5.69 Å². The zero-order valence-corrected chi connectivity index (χ0v) is 10.7. The fraction of sp³-hybridized carbons (Fsp3) is 0.385. The molecule has 0 saturated carbocycles. The van der Waals surface area contributed by atoms with Gasteiger partial charge in [-0.1, -0.05) is 36.8 Å². The van der Waals surface area contributed by atoms with Gasteiger partial charge in [-0.15, -0.1) is 5.10 Å². The molecule has 1 heterocycles. The molecule has 0 unspecified atom stereocenters. The molecule has 2 N–H and O–H groups in total. The smallest absolute Gasteiger partial charge is 0.169 e. The van der Waals surface area contributed by atoms with E-state index in [4.69, 9.17) is 5.73 Å². The molecular weight excluding hydrogens is 212 g/mol. The van der Waals surface area contributed by atoms with Gasteiger partial charge in [0, 0.05) is 0 Å². The van der Waals surface area contributed by atoms with Gasteiger partial charge in [0.25, 0.3) is 0 Å². The summed E-state index contributed by atoms with van der Waals surface area (Å²) in [6, 6.07) is 6.27. The molecule has 90 valence electrons. The lowest BCUT2D eigenvalue weighted by Crippen LogP contribution is -2.07. The highest BCUT2D eigenvalue weighted by molar-refractivity contribution is 5.47. The van der Waals surface area contributed by atoms with Crippen LogP contribution in [-0.2, 0) is 0 Å². The molecular formula is C13H18N4. The largest absolute Gasteiger partial charge is 0.381 e. The average molecular weight is 230 g/mol. The SMILES string of the molecule is Cc1ccc(-n2nnc(N)c2C(C)C)c(C)c1. The highest BCUT2D eigenvalue weighted by Crippen LogP contribution is 2.24. The maximum Gasteiger partial charge on any atom is 0.169 e. The Morgan fingerprint density at radius 3 is 2.53 bits per heavy atom. The fourth-order valence-corrected chi connectivity index (χ4v) is 2.06. The monoisotopic (exact) mass is 230 g/mol. The first kappa shape index (κ1) is 11.6. The van der Waals surface area contributed by atoms with Gasteiger partial charge in [0.2, 0.25) is 0 Å². The molecule has 4 nitrogen and oxygen atoms in total. The highest BCUT2D eigenvalue weighted by atomic mass is 15.4. The molecule has 1 aromatic carbocycles. The van der Waals surface area contributed by atoms with Crippen LogP contribution in [0.5, 0.6) is 0 Å². The molecule has 0 amide bonds. The molecule has 2 rings (SSSR count). The van der Waals surface area contributed by atoms with Crippen molar-refractivity contribution in [2.75, 3.05) is 5.73 Å². The number of anilines is 1. The van der Waals surface area contributed by atoms with Gasteiger partial charge in [0.1, 0.15) is 0 Å². The van der Waals surface area contributed by atoms with Crippen LogP contribution in [-0.4, -0.2) is 15.0 Å². The van der Waals surface area contributed by atoms with Gasteiger partial charge < -0.3 is 5.73 Å². The van der Waals surface area contributed by atoms with Gasteiger partial charge in [-0.25, -0.2) is 4.68 Å². The summed E-state index contributed by atoms with van der Waals surface area (Å²) >= 11 is 0. The Labute approximate surface area is 101 Å². The highest BCUT2D eigenvalue weighted by Gasteiger charge is 2.16. The molecule has 0 saturated heterocycles. The second-order valence-electron chi connectivity index (χ2n) is 4.72. The first-order chi connectivity index (χ1) is 8.00. The van der Waals surface area contributed by atoms with E-state index in [0.717, 1.165) is 11.4 Å². The zero-order valence-electron chi connectivity index (χ0n) is 10.7. The van der Waals surface area contributed by atoms with Crippen molar-refractivity contribution >= 4 is 5.82 Å². The molecule has 2 aromatic rings. The lowest BCUT2D eigenvalue weighted by Gasteiger charge is -2.12. The summed E-state index contributed by atoms with van der Waals surface area (Å²) < 4.78 is 1.84. The van der Waals surface area contributed by atoms with Crippen LogP contribution >= 0.6 is 0 Å². The Balaban J connectivity index is 2.61. The maximum absolute atomic E-state index is 5.87. The van der Waals surface area contributed by atoms with Crippen LogP contribution in [0.2, 0.25) is 0 Å². The van der Waals surface area contributed by atoms with Crippen molar-refractivity contribution in [2.45, 2.75) is 33.6 Å². The van der Waals surface area contributed by atoms with Crippen molar-refractivity contribution in [1.82, 2.24) is 15.0 Å². The lowest BCUT2D eigenvalue weighted by atomic mass is 10.1. The summed E-state index contributed by atoms with van der Waals surface area (Å²) in [6.07, 6.45) is 0. The summed E-state index contributed by atoms with van der Waals surface area (Å²) in [7, 11) is 0. The summed E-state index contributed by atoms with van der Waals surface area (Å²) in [5, 5.41) is 8.11. The van der Waals surface area contributed by atoms with E-state index in [0.29, 0.717) is 11.7 Å². The van der Waals surface area contributed by atoms with E-state index in [1.165, 1.54) is 11.1 Å². The Bertz CT molecular complexity index is 540. The molecule has 0 aliphatic rings. The third-order valence-electron chi connectivity index (χ3n) is 2.86. The number of nitrogens with zero attached hydrogens (tertiary/aromatic N) is 3. The predicted octanol–water partition coefficient (Wildman–Crippen LogP) is 2.59. The molecule has 17 heavy (non-hydrogen) atoms. The third-order valence-corrected chi connectivity index (χ3v) is 2.86.